The number of fused-ring (bicyclic) bond motifs is 1. The van der Waals surface area contributed by atoms with Crippen molar-refractivity contribution in [3.63, 3.8) is 0 Å². The molecule has 33 heavy (non-hydrogen) atoms. The lowest BCUT2D eigenvalue weighted by molar-refractivity contribution is -0.120. The van der Waals surface area contributed by atoms with Gasteiger partial charge in [0.05, 0.1) is 5.52 Å². The molecule has 4 rings (SSSR count). The summed E-state index contributed by atoms with van der Waals surface area (Å²) in [6.45, 7) is 8.01. The number of carbonyl (C=O) groups is 3. The maximum absolute atomic E-state index is 12.4. The largest absolute Gasteiger partial charge is 0.444 e. The molecule has 0 radical (unpaired) electrons. The van der Waals surface area contributed by atoms with Crippen LogP contribution < -0.4 is 10.2 Å². The second-order valence-electron chi connectivity index (χ2n) is 9.84. The van der Waals surface area contributed by atoms with Crippen molar-refractivity contribution in [1.29, 1.82) is 0 Å². The van der Waals surface area contributed by atoms with E-state index in [1.165, 1.54) is 4.90 Å². The van der Waals surface area contributed by atoms with E-state index in [0.29, 0.717) is 25.5 Å². The third-order valence-electron chi connectivity index (χ3n) is 6.08. The average molecular weight is 457 g/mol. The van der Waals surface area contributed by atoms with Crippen molar-refractivity contribution < 1.29 is 19.1 Å². The molecule has 0 spiro atoms. The molecule has 4 amide bonds. The van der Waals surface area contributed by atoms with Crippen LogP contribution in [-0.2, 0) is 23.1 Å². The summed E-state index contributed by atoms with van der Waals surface area (Å²) >= 11 is 0. The molecule has 2 aliphatic rings. The highest BCUT2D eigenvalue weighted by Crippen LogP contribution is 2.28. The van der Waals surface area contributed by atoms with Crippen LogP contribution >= 0.6 is 0 Å². The van der Waals surface area contributed by atoms with Gasteiger partial charge in [0.25, 0.3) is 0 Å². The van der Waals surface area contributed by atoms with Crippen molar-refractivity contribution >= 4 is 34.8 Å². The van der Waals surface area contributed by atoms with Gasteiger partial charge in [-0.25, -0.2) is 9.59 Å². The van der Waals surface area contributed by atoms with Crippen LogP contribution in [0.4, 0.5) is 15.4 Å². The van der Waals surface area contributed by atoms with E-state index in [9.17, 15) is 14.4 Å². The number of urea groups is 1. The SMILES string of the molecule is CN(Cc1ccc2c(N3CCC(=O)NC3=O)nn(C)c2c1)[C@H]1CCN(C(=O)OC(C)(C)C)C1. The van der Waals surface area contributed by atoms with Crippen LogP contribution in [0.3, 0.4) is 0 Å². The van der Waals surface area contributed by atoms with Gasteiger partial charge in [-0.3, -0.25) is 24.6 Å². The summed E-state index contributed by atoms with van der Waals surface area (Å²) in [6, 6.07) is 5.91. The number of anilines is 1. The molecule has 3 heterocycles. The van der Waals surface area contributed by atoms with Crippen molar-refractivity contribution in [2.75, 3.05) is 31.6 Å². The molecule has 2 saturated heterocycles. The molecule has 1 aromatic carbocycles. The molecule has 2 fully saturated rings. The smallest absolute Gasteiger partial charge is 0.410 e. The molecule has 1 atom stereocenters. The normalized spacial score (nSPS) is 19.5. The molecule has 178 valence electrons. The second kappa shape index (κ2) is 8.66. The van der Waals surface area contributed by atoms with Crippen LogP contribution in [0, 0.1) is 0 Å². The molecule has 0 unspecified atom stereocenters. The molecule has 0 saturated carbocycles. The number of benzene rings is 1. The van der Waals surface area contributed by atoms with Crippen LogP contribution in [0.25, 0.3) is 10.9 Å². The zero-order chi connectivity index (χ0) is 23.9. The lowest BCUT2D eigenvalue weighted by Crippen LogP contribution is -2.49. The summed E-state index contributed by atoms with van der Waals surface area (Å²) in [5.74, 6) is 0.292. The molecule has 0 bridgehead atoms. The Morgan fingerprint density at radius 2 is 2.03 bits per heavy atom. The van der Waals surface area contributed by atoms with Gasteiger partial charge in [-0.1, -0.05) is 6.07 Å². The van der Waals surface area contributed by atoms with Crippen LogP contribution in [0.5, 0.6) is 0 Å². The van der Waals surface area contributed by atoms with E-state index >= 15 is 0 Å². The Morgan fingerprint density at radius 3 is 2.73 bits per heavy atom. The molecule has 1 N–H and O–H groups in total. The van der Waals surface area contributed by atoms with E-state index in [1.54, 1.807) is 9.58 Å². The van der Waals surface area contributed by atoms with Crippen molar-refractivity contribution in [3.8, 4) is 0 Å². The third-order valence-corrected chi connectivity index (χ3v) is 6.08. The Balaban J connectivity index is 1.44. The number of amides is 4. The first-order chi connectivity index (χ1) is 15.5. The van der Waals surface area contributed by atoms with Gasteiger partial charge in [0, 0.05) is 51.1 Å². The summed E-state index contributed by atoms with van der Waals surface area (Å²) in [5, 5.41) is 7.76. The van der Waals surface area contributed by atoms with Crippen molar-refractivity contribution in [2.24, 2.45) is 7.05 Å². The first-order valence-corrected chi connectivity index (χ1v) is 11.3. The van der Waals surface area contributed by atoms with E-state index in [2.05, 4.69) is 28.4 Å². The number of imide groups is 1. The van der Waals surface area contributed by atoms with Gasteiger partial charge in [-0.15, -0.1) is 0 Å². The number of nitrogens with one attached hydrogen (secondary N) is 1. The monoisotopic (exact) mass is 456 g/mol. The third kappa shape index (κ3) is 4.95. The highest BCUT2D eigenvalue weighted by molar-refractivity contribution is 6.08. The Bertz CT molecular complexity index is 1090. The van der Waals surface area contributed by atoms with Gasteiger partial charge in [0.1, 0.15) is 5.60 Å². The standard InChI is InChI=1S/C23H32N6O4/c1-23(2,3)33-22(32)28-10-8-16(14-28)26(4)13-15-6-7-17-18(12-15)27(5)25-20(17)29-11-9-19(30)24-21(29)31/h6-7,12,16H,8-11,13-14H2,1-5H3,(H,24,30,31)/t16-/m0/s1. The van der Waals surface area contributed by atoms with Gasteiger partial charge in [0.2, 0.25) is 5.91 Å². The molecule has 10 nitrogen and oxygen atoms in total. The number of carbonyl (C=O) groups excluding carboxylic acids is 3. The summed E-state index contributed by atoms with van der Waals surface area (Å²) in [6.07, 6.45) is 0.899. The van der Waals surface area contributed by atoms with Gasteiger partial charge in [-0.2, -0.15) is 5.10 Å². The minimum absolute atomic E-state index is 0.255. The Hall–Kier alpha value is -3.14. The van der Waals surface area contributed by atoms with Crippen LogP contribution in [0.2, 0.25) is 0 Å². The first kappa shape index (κ1) is 23.0. The molecule has 1 aromatic heterocycles. The highest BCUT2D eigenvalue weighted by Gasteiger charge is 2.32. The Morgan fingerprint density at radius 1 is 1.27 bits per heavy atom. The fourth-order valence-corrected chi connectivity index (χ4v) is 4.36. The van der Waals surface area contributed by atoms with E-state index in [0.717, 1.165) is 29.4 Å². The van der Waals surface area contributed by atoms with E-state index in [-0.39, 0.29) is 24.5 Å². The number of likely N-dealkylation sites (tertiary alicyclic amines) is 1. The van der Waals surface area contributed by atoms with Gasteiger partial charge in [0.15, 0.2) is 5.82 Å². The lowest BCUT2D eigenvalue weighted by atomic mass is 10.1. The zero-order valence-electron chi connectivity index (χ0n) is 19.9. The highest BCUT2D eigenvalue weighted by atomic mass is 16.6. The summed E-state index contributed by atoms with van der Waals surface area (Å²) in [4.78, 5) is 41.7. The van der Waals surface area contributed by atoms with Gasteiger partial charge in [-0.05, 0) is 51.9 Å². The molecule has 2 aromatic rings. The van der Waals surface area contributed by atoms with Crippen LogP contribution in [-0.4, -0.2) is 75.9 Å². The van der Waals surface area contributed by atoms with Crippen LogP contribution in [0.1, 0.15) is 39.2 Å². The van der Waals surface area contributed by atoms with E-state index in [1.807, 2.05) is 40.0 Å². The van der Waals surface area contributed by atoms with Crippen LogP contribution in [0.15, 0.2) is 18.2 Å². The Labute approximate surface area is 193 Å². The van der Waals surface area contributed by atoms with Crippen molar-refractivity contribution in [1.82, 2.24) is 24.9 Å². The maximum Gasteiger partial charge on any atom is 0.410 e. The maximum atomic E-state index is 12.4. The average Bonchev–Trinajstić information content (AvgIpc) is 3.33. The summed E-state index contributed by atoms with van der Waals surface area (Å²) < 4.78 is 7.26. The van der Waals surface area contributed by atoms with E-state index in [4.69, 9.17) is 4.74 Å². The number of likely N-dealkylation sites (N-methyl/N-ethyl adjacent to an activating group) is 1. The molecular weight excluding hydrogens is 424 g/mol. The topological polar surface area (TPSA) is 100 Å². The number of hydrogen-bond donors (Lipinski definition) is 1. The van der Waals surface area contributed by atoms with Crippen molar-refractivity contribution in [2.45, 2.75) is 51.8 Å². The minimum atomic E-state index is -0.497. The lowest BCUT2D eigenvalue weighted by Gasteiger charge is -2.26. The first-order valence-electron chi connectivity index (χ1n) is 11.3. The molecule has 0 aliphatic carbocycles. The summed E-state index contributed by atoms with van der Waals surface area (Å²) in [7, 11) is 3.92. The fraction of sp³-hybridized carbons (Fsp3) is 0.565. The van der Waals surface area contributed by atoms with Gasteiger partial charge < -0.3 is 9.64 Å². The number of rotatable bonds is 4. The predicted molar refractivity (Wildman–Crippen MR) is 124 cm³/mol. The summed E-state index contributed by atoms with van der Waals surface area (Å²) in [5.41, 5.74) is 1.54. The molecular formula is C23H32N6O4. The molecule has 2 aliphatic heterocycles. The molecule has 10 heteroatoms. The van der Waals surface area contributed by atoms with E-state index < -0.39 is 11.6 Å². The minimum Gasteiger partial charge on any atom is -0.444 e. The Kier molecular flexibility index (Phi) is 6.04. The number of aromatic nitrogens is 2. The zero-order valence-corrected chi connectivity index (χ0v) is 19.9. The quantitative estimate of drug-likeness (QED) is 0.759. The number of nitrogens with zero attached hydrogens (tertiary/aromatic N) is 5. The fourth-order valence-electron chi connectivity index (χ4n) is 4.36. The number of aryl methyl sites for hydroxylation is 1. The number of hydrogen-bond acceptors (Lipinski definition) is 6. The number of ether oxygens (including phenoxy) is 1. The second-order valence-corrected chi connectivity index (χ2v) is 9.84. The van der Waals surface area contributed by atoms with Gasteiger partial charge >= 0.3 is 12.1 Å². The predicted octanol–water partition coefficient (Wildman–Crippen LogP) is 2.46. The van der Waals surface area contributed by atoms with Crippen molar-refractivity contribution in [3.05, 3.63) is 23.8 Å².